The summed E-state index contributed by atoms with van der Waals surface area (Å²) in [6, 6.07) is 6.26. The van der Waals surface area contributed by atoms with Crippen molar-refractivity contribution in [3.63, 3.8) is 0 Å². The Kier molecular flexibility index (Phi) is 6.22. The second-order valence-electron chi connectivity index (χ2n) is 4.68. The van der Waals surface area contributed by atoms with Gasteiger partial charge >= 0.3 is 6.18 Å². The monoisotopic (exact) mass is 422 g/mol. The number of rotatable bonds is 5. The molecule has 0 unspecified atom stereocenters. The zero-order chi connectivity index (χ0) is 17.7. The molecule has 0 spiro atoms. The maximum Gasteiger partial charge on any atom is 0.417 e. The summed E-state index contributed by atoms with van der Waals surface area (Å²) in [5.41, 5.74) is -0.256. The summed E-state index contributed by atoms with van der Waals surface area (Å²) in [6.45, 7) is 0.137. The van der Waals surface area contributed by atoms with Crippen LogP contribution in [0.2, 0.25) is 0 Å². The highest BCUT2D eigenvalue weighted by atomic mass is 79.9. The largest absolute Gasteiger partial charge is 0.417 e. The van der Waals surface area contributed by atoms with E-state index in [0.29, 0.717) is 15.1 Å². The molecule has 0 radical (unpaired) electrons. The Morgan fingerprint density at radius 3 is 2.62 bits per heavy atom. The second kappa shape index (κ2) is 7.98. The van der Waals surface area contributed by atoms with E-state index in [-0.39, 0.29) is 18.2 Å². The zero-order valence-corrected chi connectivity index (χ0v) is 14.4. The number of pyridine rings is 1. The number of carbonyl (C=O) groups is 1. The van der Waals surface area contributed by atoms with E-state index < -0.39 is 17.6 Å². The molecule has 1 heterocycles. The van der Waals surface area contributed by atoms with Gasteiger partial charge < -0.3 is 5.32 Å². The van der Waals surface area contributed by atoms with Gasteiger partial charge in [-0.2, -0.15) is 13.2 Å². The van der Waals surface area contributed by atoms with Gasteiger partial charge in [-0.1, -0.05) is 27.7 Å². The number of thioether (sulfide) groups is 1. The highest BCUT2D eigenvalue weighted by molar-refractivity contribution is 9.10. The van der Waals surface area contributed by atoms with Crippen LogP contribution >= 0.6 is 27.7 Å². The van der Waals surface area contributed by atoms with Crippen molar-refractivity contribution < 1.29 is 22.4 Å². The third-order valence-electron chi connectivity index (χ3n) is 2.90. The van der Waals surface area contributed by atoms with Gasteiger partial charge in [-0.25, -0.2) is 9.37 Å². The summed E-state index contributed by atoms with van der Waals surface area (Å²) in [7, 11) is 0. The fourth-order valence-electron chi connectivity index (χ4n) is 1.70. The van der Waals surface area contributed by atoms with Gasteiger partial charge in [0.25, 0.3) is 0 Å². The molecule has 0 aliphatic rings. The normalized spacial score (nSPS) is 11.4. The molecule has 1 N–H and O–H groups in total. The van der Waals surface area contributed by atoms with Crippen molar-refractivity contribution in [1.82, 2.24) is 10.3 Å². The molecular formula is C15H11BrF4N2OS. The lowest BCUT2D eigenvalue weighted by atomic mass is 10.2. The Hall–Kier alpha value is -1.61. The topological polar surface area (TPSA) is 42.0 Å². The minimum Gasteiger partial charge on any atom is -0.351 e. The third-order valence-corrected chi connectivity index (χ3v) is 4.62. The smallest absolute Gasteiger partial charge is 0.351 e. The van der Waals surface area contributed by atoms with Crippen LogP contribution in [0.1, 0.15) is 11.1 Å². The molecule has 1 aromatic carbocycles. The molecule has 9 heteroatoms. The maximum absolute atomic E-state index is 13.1. The summed E-state index contributed by atoms with van der Waals surface area (Å²) in [5.74, 6) is -0.755. The Labute approximate surface area is 148 Å². The summed E-state index contributed by atoms with van der Waals surface area (Å²) < 4.78 is 51.0. The average Bonchev–Trinajstić information content (AvgIpc) is 2.53. The van der Waals surface area contributed by atoms with Gasteiger partial charge in [0.15, 0.2) is 0 Å². The molecule has 1 aromatic heterocycles. The van der Waals surface area contributed by atoms with Crippen LogP contribution in [0.3, 0.4) is 0 Å². The Morgan fingerprint density at radius 2 is 2.00 bits per heavy atom. The molecule has 2 aromatic rings. The molecule has 0 saturated heterocycles. The van der Waals surface area contributed by atoms with Crippen LogP contribution in [-0.2, 0) is 17.5 Å². The summed E-state index contributed by atoms with van der Waals surface area (Å²) in [5, 5.41) is 2.92. The number of amides is 1. The second-order valence-corrected chi connectivity index (χ2v) is 6.53. The molecule has 3 nitrogen and oxygen atoms in total. The van der Waals surface area contributed by atoms with Crippen molar-refractivity contribution in [2.24, 2.45) is 0 Å². The molecule has 0 saturated carbocycles. The van der Waals surface area contributed by atoms with Crippen molar-refractivity contribution in [2.45, 2.75) is 17.7 Å². The van der Waals surface area contributed by atoms with Crippen molar-refractivity contribution >= 4 is 33.6 Å². The van der Waals surface area contributed by atoms with Crippen LogP contribution in [0.15, 0.2) is 46.0 Å². The molecule has 0 aliphatic carbocycles. The number of alkyl halides is 3. The van der Waals surface area contributed by atoms with E-state index in [0.717, 1.165) is 24.0 Å². The first kappa shape index (κ1) is 18.7. The minimum absolute atomic E-state index is 0.00863. The molecular weight excluding hydrogens is 412 g/mol. The van der Waals surface area contributed by atoms with Crippen molar-refractivity contribution in [1.29, 1.82) is 0 Å². The van der Waals surface area contributed by atoms with Crippen LogP contribution < -0.4 is 5.32 Å². The Balaban J connectivity index is 1.84. The minimum atomic E-state index is -4.44. The van der Waals surface area contributed by atoms with Gasteiger partial charge in [0.1, 0.15) is 5.82 Å². The predicted molar refractivity (Wildman–Crippen MR) is 85.9 cm³/mol. The number of nitrogens with zero attached hydrogens (tertiary/aromatic N) is 1. The molecule has 0 atom stereocenters. The number of hydrogen-bond donors (Lipinski definition) is 1. The van der Waals surface area contributed by atoms with E-state index in [1.165, 1.54) is 24.3 Å². The third kappa shape index (κ3) is 5.48. The van der Waals surface area contributed by atoms with E-state index in [1.54, 1.807) is 0 Å². The molecule has 24 heavy (non-hydrogen) atoms. The predicted octanol–water partition coefficient (Wildman–Crippen LogP) is 4.41. The van der Waals surface area contributed by atoms with E-state index in [1.807, 2.05) is 0 Å². The highest BCUT2D eigenvalue weighted by Gasteiger charge is 2.30. The van der Waals surface area contributed by atoms with Crippen molar-refractivity contribution in [2.75, 3.05) is 5.75 Å². The Bertz CT molecular complexity index is 722. The van der Waals surface area contributed by atoms with Gasteiger partial charge in [0, 0.05) is 17.2 Å². The van der Waals surface area contributed by atoms with Crippen molar-refractivity contribution in [3.05, 3.63) is 57.9 Å². The van der Waals surface area contributed by atoms with Gasteiger partial charge in [0.2, 0.25) is 5.91 Å². The molecule has 0 bridgehead atoms. The molecule has 0 fully saturated rings. The number of hydrogen-bond acceptors (Lipinski definition) is 3. The van der Waals surface area contributed by atoms with Crippen LogP contribution in [0, 0.1) is 5.82 Å². The van der Waals surface area contributed by atoms with Crippen LogP contribution in [0.4, 0.5) is 17.6 Å². The maximum atomic E-state index is 13.1. The number of carbonyl (C=O) groups excluding carboxylic acids is 1. The van der Waals surface area contributed by atoms with Gasteiger partial charge in [-0.05, 0) is 35.9 Å². The lowest BCUT2D eigenvalue weighted by Crippen LogP contribution is -2.24. The first-order chi connectivity index (χ1) is 11.3. The highest BCUT2D eigenvalue weighted by Crippen LogP contribution is 2.29. The fourth-order valence-corrected chi connectivity index (χ4v) is 2.76. The number of halogens is 5. The SMILES string of the molecule is O=C(CSc1ccc(C(F)(F)F)cn1)NCc1cc(F)ccc1Br. The Morgan fingerprint density at radius 1 is 1.25 bits per heavy atom. The lowest BCUT2D eigenvalue weighted by molar-refractivity contribution is -0.137. The standard InChI is InChI=1S/C15H11BrF4N2OS/c16-12-3-2-11(17)5-9(12)6-21-13(23)8-24-14-4-1-10(7-22-14)15(18,19)20/h1-5,7H,6,8H2,(H,21,23). The zero-order valence-electron chi connectivity index (χ0n) is 12.0. The van der Waals surface area contributed by atoms with Gasteiger partial charge in [0.05, 0.1) is 16.3 Å². The van der Waals surface area contributed by atoms with E-state index in [2.05, 4.69) is 26.2 Å². The molecule has 128 valence electrons. The van der Waals surface area contributed by atoms with Gasteiger partial charge in [-0.15, -0.1) is 0 Å². The summed E-state index contributed by atoms with van der Waals surface area (Å²) >= 11 is 4.27. The lowest BCUT2D eigenvalue weighted by Gasteiger charge is -2.08. The summed E-state index contributed by atoms with van der Waals surface area (Å²) in [4.78, 5) is 15.4. The van der Waals surface area contributed by atoms with E-state index in [4.69, 9.17) is 0 Å². The van der Waals surface area contributed by atoms with Crippen LogP contribution in [0.25, 0.3) is 0 Å². The first-order valence-corrected chi connectivity index (χ1v) is 8.40. The molecule has 0 aliphatic heterocycles. The average molecular weight is 423 g/mol. The van der Waals surface area contributed by atoms with E-state index in [9.17, 15) is 22.4 Å². The van der Waals surface area contributed by atoms with Crippen LogP contribution in [-0.4, -0.2) is 16.6 Å². The van der Waals surface area contributed by atoms with Gasteiger partial charge in [-0.3, -0.25) is 4.79 Å². The fraction of sp³-hybridized carbons (Fsp3) is 0.200. The quantitative estimate of drug-likeness (QED) is 0.573. The number of nitrogens with one attached hydrogen (secondary N) is 1. The molecule has 2 rings (SSSR count). The first-order valence-electron chi connectivity index (χ1n) is 6.62. The number of benzene rings is 1. The van der Waals surface area contributed by atoms with E-state index >= 15 is 0 Å². The summed E-state index contributed by atoms with van der Waals surface area (Å²) in [6.07, 6.45) is -3.71. The number of aromatic nitrogens is 1. The van der Waals surface area contributed by atoms with Crippen molar-refractivity contribution in [3.8, 4) is 0 Å². The van der Waals surface area contributed by atoms with Crippen LogP contribution in [0.5, 0.6) is 0 Å². The molecule has 1 amide bonds.